The maximum Gasteiger partial charge on any atom is 0.331 e. The number of rotatable bonds is 6. The monoisotopic (exact) mass is 268 g/mol. The summed E-state index contributed by atoms with van der Waals surface area (Å²) in [6.45, 7) is 4.13. The molecule has 0 fully saturated rings. The van der Waals surface area contributed by atoms with E-state index in [1.807, 2.05) is 17.5 Å². The number of ether oxygens (including phenoxy) is 2. The zero-order valence-corrected chi connectivity index (χ0v) is 11.3. The van der Waals surface area contributed by atoms with Crippen LogP contribution in [0.2, 0.25) is 0 Å². The van der Waals surface area contributed by atoms with Gasteiger partial charge in [-0.15, -0.1) is 11.3 Å². The normalized spacial score (nSPS) is 11.1. The van der Waals surface area contributed by atoms with Gasteiger partial charge in [-0.25, -0.2) is 4.79 Å². The molecule has 1 rings (SSSR count). The van der Waals surface area contributed by atoms with Crippen molar-refractivity contribution in [2.24, 2.45) is 0 Å². The standard InChI is InChI=1S/C13H16O4S/c1-3-16-12(14)8-10(9-13(15)17-4-2)11-6-5-7-18-11/h5-8H,3-4,9H2,1-2H3. The summed E-state index contributed by atoms with van der Waals surface area (Å²) in [4.78, 5) is 23.8. The van der Waals surface area contributed by atoms with Crippen LogP contribution in [0.3, 0.4) is 0 Å². The molecule has 0 aliphatic heterocycles. The highest BCUT2D eigenvalue weighted by atomic mass is 32.1. The molecular formula is C13H16O4S. The van der Waals surface area contributed by atoms with Crippen LogP contribution in [0, 0.1) is 0 Å². The second-order valence-electron chi connectivity index (χ2n) is 3.38. The topological polar surface area (TPSA) is 52.6 Å². The molecule has 0 aliphatic rings. The molecule has 0 bridgehead atoms. The van der Waals surface area contributed by atoms with E-state index in [1.54, 1.807) is 13.8 Å². The lowest BCUT2D eigenvalue weighted by atomic mass is 10.1. The van der Waals surface area contributed by atoms with Crippen molar-refractivity contribution >= 4 is 28.8 Å². The third-order valence-corrected chi connectivity index (χ3v) is 3.00. The quantitative estimate of drug-likeness (QED) is 0.588. The van der Waals surface area contributed by atoms with Crippen molar-refractivity contribution in [2.45, 2.75) is 20.3 Å². The van der Waals surface area contributed by atoms with Crippen LogP contribution >= 0.6 is 11.3 Å². The van der Waals surface area contributed by atoms with E-state index in [-0.39, 0.29) is 12.4 Å². The highest BCUT2D eigenvalue weighted by molar-refractivity contribution is 7.11. The van der Waals surface area contributed by atoms with Crippen LogP contribution in [0.25, 0.3) is 5.57 Å². The Morgan fingerprint density at radius 2 is 2.00 bits per heavy atom. The second-order valence-corrected chi connectivity index (χ2v) is 4.33. The molecule has 0 N–H and O–H groups in total. The van der Waals surface area contributed by atoms with Crippen molar-refractivity contribution in [3.63, 3.8) is 0 Å². The summed E-state index contributed by atoms with van der Waals surface area (Å²) in [6, 6.07) is 3.72. The van der Waals surface area contributed by atoms with Gasteiger partial charge in [0, 0.05) is 11.0 Å². The molecular weight excluding hydrogens is 252 g/mol. The molecule has 18 heavy (non-hydrogen) atoms. The predicted molar refractivity (Wildman–Crippen MR) is 70.2 cm³/mol. The molecule has 5 heteroatoms. The molecule has 0 amide bonds. The third-order valence-electron chi connectivity index (χ3n) is 2.06. The third kappa shape index (κ3) is 4.71. The number of hydrogen-bond acceptors (Lipinski definition) is 5. The van der Waals surface area contributed by atoms with E-state index in [2.05, 4.69) is 0 Å². The summed E-state index contributed by atoms with van der Waals surface area (Å²) in [5, 5.41) is 1.89. The van der Waals surface area contributed by atoms with Crippen molar-refractivity contribution in [1.29, 1.82) is 0 Å². The van der Waals surface area contributed by atoms with Gasteiger partial charge in [0.2, 0.25) is 0 Å². The molecule has 4 nitrogen and oxygen atoms in total. The van der Waals surface area contributed by atoms with Gasteiger partial charge in [0.25, 0.3) is 0 Å². The summed E-state index contributed by atoms with van der Waals surface area (Å²) >= 11 is 1.47. The Hall–Kier alpha value is -1.62. The zero-order valence-electron chi connectivity index (χ0n) is 10.5. The molecule has 0 unspecified atom stereocenters. The van der Waals surface area contributed by atoms with E-state index in [0.717, 1.165) is 4.88 Å². The van der Waals surface area contributed by atoms with E-state index in [0.29, 0.717) is 18.8 Å². The van der Waals surface area contributed by atoms with E-state index in [1.165, 1.54) is 17.4 Å². The largest absolute Gasteiger partial charge is 0.466 e. The van der Waals surface area contributed by atoms with Crippen molar-refractivity contribution in [3.8, 4) is 0 Å². The van der Waals surface area contributed by atoms with Gasteiger partial charge in [-0.05, 0) is 30.9 Å². The van der Waals surface area contributed by atoms with Gasteiger partial charge in [-0.1, -0.05) is 6.07 Å². The van der Waals surface area contributed by atoms with Gasteiger partial charge < -0.3 is 9.47 Å². The van der Waals surface area contributed by atoms with Crippen LogP contribution in [-0.4, -0.2) is 25.2 Å². The average Bonchev–Trinajstić information content (AvgIpc) is 2.82. The summed E-state index contributed by atoms with van der Waals surface area (Å²) in [5.74, 6) is -0.786. The van der Waals surface area contributed by atoms with E-state index in [9.17, 15) is 9.59 Å². The average molecular weight is 268 g/mol. The molecule has 0 saturated carbocycles. The number of esters is 2. The zero-order chi connectivity index (χ0) is 13.4. The molecule has 0 saturated heterocycles. The molecule has 0 spiro atoms. The Morgan fingerprint density at radius 3 is 2.56 bits per heavy atom. The lowest BCUT2D eigenvalue weighted by molar-refractivity contribution is -0.141. The number of thiophene rings is 1. The van der Waals surface area contributed by atoms with Crippen LogP contribution in [0.4, 0.5) is 0 Å². The minimum absolute atomic E-state index is 0.0766. The highest BCUT2D eigenvalue weighted by Crippen LogP contribution is 2.23. The Kier molecular flexibility index (Phi) is 6.14. The number of carbonyl (C=O) groups is 2. The first-order valence-corrected chi connectivity index (χ1v) is 6.62. The van der Waals surface area contributed by atoms with E-state index >= 15 is 0 Å². The Morgan fingerprint density at radius 1 is 1.28 bits per heavy atom. The fourth-order valence-electron chi connectivity index (χ4n) is 1.36. The number of hydrogen-bond donors (Lipinski definition) is 0. The molecule has 0 radical (unpaired) electrons. The highest BCUT2D eigenvalue weighted by Gasteiger charge is 2.12. The van der Waals surface area contributed by atoms with Crippen LogP contribution in [0.1, 0.15) is 25.1 Å². The Bertz CT molecular complexity index is 420. The fraction of sp³-hybridized carbons (Fsp3) is 0.385. The Labute approximate surface area is 110 Å². The molecule has 0 aromatic carbocycles. The van der Waals surface area contributed by atoms with Gasteiger partial charge >= 0.3 is 11.9 Å². The van der Waals surface area contributed by atoms with Gasteiger partial charge in [-0.2, -0.15) is 0 Å². The van der Waals surface area contributed by atoms with Crippen molar-refractivity contribution in [2.75, 3.05) is 13.2 Å². The minimum atomic E-state index is -0.440. The first kappa shape index (κ1) is 14.4. The van der Waals surface area contributed by atoms with Gasteiger partial charge in [0.15, 0.2) is 0 Å². The summed E-state index contributed by atoms with van der Waals surface area (Å²) in [7, 11) is 0. The first-order chi connectivity index (χ1) is 8.67. The number of carbonyl (C=O) groups excluding carboxylic acids is 2. The lowest BCUT2D eigenvalue weighted by Crippen LogP contribution is -2.06. The van der Waals surface area contributed by atoms with Gasteiger partial charge in [-0.3, -0.25) is 4.79 Å². The van der Waals surface area contributed by atoms with Crippen LogP contribution in [-0.2, 0) is 19.1 Å². The molecule has 1 aromatic rings. The lowest BCUT2D eigenvalue weighted by Gasteiger charge is -2.05. The fourth-order valence-corrected chi connectivity index (χ4v) is 2.11. The van der Waals surface area contributed by atoms with Crippen LogP contribution in [0.15, 0.2) is 23.6 Å². The minimum Gasteiger partial charge on any atom is -0.466 e. The predicted octanol–water partition coefficient (Wildman–Crippen LogP) is 2.65. The van der Waals surface area contributed by atoms with Crippen LogP contribution < -0.4 is 0 Å². The maximum absolute atomic E-state index is 11.5. The van der Waals surface area contributed by atoms with Gasteiger partial charge in [0.1, 0.15) is 0 Å². The molecule has 1 aromatic heterocycles. The van der Waals surface area contributed by atoms with Gasteiger partial charge in [0.05, 0.1) is 19.6 Å². The van der Waals surface area contributed by atoms with E-state index in [4.69, 9.17) is 9.47 Å². The van der Waals surface area contributed by atoms with Crippen molar-refractivity contribution in [1.82, 2.24) is 0 Å². The maximum atomic E-state index is 11.5. The smallest absolute Gasteiger partial charge is 0.331 e. The molecule has 1 heterocycles. The van der Waals surface area contributed by atoms with E-state index < -0.39 is 5.97 Å². The van der Waals surface area contributed by atoms with Crippen molar-refractivity contribution < 1.29 is 19.1 Å². The van der Waals surface area contributed by atoms with Crippen LogP contribution in [0.5, 0.6) is 0 Å². The molecule has 0 aliphatic carbocycles. The SMILES string of the molecule is CCOC(=O)C=C(CC(=O)OCC)c1cccs1. The molecule has 0 atom stereocenters. The summed E-state index contributed by atoms with van der Waals surface area (Å²) in [6.07, 6.45) is 1.43. The first-order valence-electron chi connectivity index (χ1n) is 5.74. The summed E-state index contributed by atoms with van der Waals surface area (Å²) in [5.41, 5.74) is 0.627. The Balaban J connectivity index is 2.82. The van der Waals surface area contributed by atoms with Crippen molar-refractivity contribution in [3.05, 3.63) is 28.5 Å². The second kappa shape index (κ2) is 7.66. The summed E-state index contributed by atoms with van der Waals surface area (Å²) < 4.78 is 9.73. The molecule has 98 valence electrons.